The Labute approximate surface area is 133 Å². The third-order valence-electron chi connectivity index (χ3n) is 4.88. The fourth-order valence-corrected chi connectivity index (χ4v) is 4.81. The van der Waals surface area contributed by atoms with E-state index in [1.807, 2.05) is 0 Å². The Kier molecular flexibility index (Phi) is 7.82. The number of ether oxygens (including phenoxy) is 3. The minimum atomic E-state index is 0.181. The first-order valence-corrected chi connectivity index (χ1v) is 9.41. The van der Waals surface area contributed by atoms with Crippen LogP contribution < -0.4 is 5.32 Å². The zero-order valence-corrected chi connectivity index (χ0v) is 14.4. The summed E-state index contributed by atoms with van der Waals surface area (Å²) in [6.07, 6.45) is 5.94. The molecule has 0 aromatic heterocycles. The van der Waals surface area contributed by atoms with Crippen LogP contribution in [-0.2, 0) is 14.2 Å². The molecule has 2 fully saturated rings. The molecule has 21 heavy (non-hydrogen) atoms. The number of rotatable bonds is 8. The summed E-state index contributed by atoms with van der Waals surface area (Å²) < 4.78 is 16.8. The number of thioether (sulfide) groups is 1. The number of hydrogen-bond donors (Lipinski definition) is 1. The molecule has 5 heteroatoms. The molecule has 0 saturated carbocycles. The molecule has 4 nitrogen and oxygen atoms in total. The lowest BCUT2D eigenvalue weighted by Gasteiger charge is -2.45. The summed E-state index contributed by atoms with van der Waals surface area (Å²) >= 11 is 2.07. The third kappa shape index (κ3) is 5.39. The van der Waals surface area contributed by atoms with Crippen LogP contribution in [0.25, 0.3) is 0 Å². The maximum absolute atomic E-state index is 6.20. The van der Waals surface area contributed by atoms with E-state index >= 15 is 0 Å². The molecule has 0 amide bonds. The zero-order valence-electron chi connectivity index (χ0n) is 13.6. The van der Waals surface area contributed by atoms with Crippen molar-refractivity contribution in [2.24, 2.45) is 5.92 Å². The highest BCUT2D eigenvalue weighted by Gasteiger charge is 2.40. The minimum Gasteiger partial charge on any atom is -0.382 e. The first-order valence-electron chi connectivity index (χ1n) is 8.25. The maximum atomic E-state index is 6.20. The van der Waals surface area contributed by atoms with Crippen LogP contribution in [0.2, 0.25) is 0 Å². The smallest absolute Gasteiger partial charge is 0.0701 e. The summed E-state index contributed by atoms with van der Waals surface area (Å²) in [5, 5.41) is 3.51. The summed E-state index contributed by atoms with van der Waals surface area (Å²) in [5.41, 5.74) is 0.181. The molecule has 1 N–H and O–H groups in total. The second-order valence-electron chi connectivity index (χ2n) is 6.19. The Hall–Kier alpha value is 0.190. The molecule has 2 unspecified atom stereocenters. The Bertz CT molecular complexity index is 279. The van der Waals surface area contributed by atoms with Crippen molar-refractivity contribution < 1.29 is 14.2 Å². The Balaban J connectivity index is 1.77. The molecule has 0 radical (unpaired) electrons. The normalized spacial score (nSPS) is 26.9. The van der Waals surface area contributed by atoms with Crippen LogP contribution in [0, 0.1) is 5.92 Å². The fourth-order valence-electron chi connectivity index (χ4n) is 3.57. The molecule has 2 heterocycles. The summed E-state index contributed by atoms with van der Waals surface area (Å²) in [6.45, 7) is 3.12. The Morgan fingerprint density at radius 3 is 2.81 bits per heavy atom. The van der Waals surface area contributed by atoms with Gasteiger partial charge in [0.1, 0.15) is 0 Å². The van der Waals surface area contributed by atoms with Gasteiger partial charge in [-0.05, 0) is 56.6 Å². The molecule has 0 aromatic carbocycles. The number of hydrogen-bond acceptors (Lipinski definition) is 5. The van der Waals surface area contributed by atoms with Gasteiger partial charge in [-0.3, -0.25) is 0 Å². The average molecular weight is 317 g/mol. The van der Waals surface area contributed by atoms with Crippen LogP contribution in [0.3, 0.4) is 0 Å². The highest BCUT2D eigenvalue weighted by atomic mass is 32.2. The van der Waals surface area contributed by atoms with Gasteiger partial charge in [0.25, 0.3) is 0 Å². The summed E-state index contributed by atoms with van der Waals surface area (Å²) in [7, 11) is 3.79. The predicted molar refractivity (Wildman–Crippen MR) is 88.1 cm³/mol. The van der Waals surface area contributed by atoms with Crippen LogP contribution >= 0.6 is 11.8 Å². The summed E-state index contributed by atoms with van der Waals surface area (Å²) in [5.74, 6) is 3.24. The van der Waals surface area contributed by atoms with Crippen molar-refractivity contribution in [3.05, 3.63) is 0 Å². The molecule has 1 spiro atoms. The second kappa shape index (κ2) is 9.36. The average Bonchev–Trinajstić information content (AvgIpc) is 2.52. The first-order chi connectivity index (χ1) is 10.3. The molecule has 2 aliphatic heterocycles. The van der Waals surface area contributed by atoms with E-state index in [1.54, 1.807) is 7.11 Å². The lowest BCUT2D eigenvalue weighted by atomic mass is 9.78. The molecule has 0 aromatic rings. The van der Waals surface area contributed by atoms with E-state index in [0.29, 0.717) is 19.3 Å². The highest BCUT2D eigenvalue weighted by molar-refractivity contribution is 7.99. The Morgan fingerprint density at radius 1 is 1.29 bits per heavy atom. The monoisotopic (exact) mass is 317 g/mol. The summed E-state index contributed by atoms with van der Waals surface area (Å²) in [6, 6.07) is 0.544. The third-order valence-corrected chi connectivity index (χ3v) is 5.87. The predicted octanol–water partition coefficient (Wildman–Crippen LogP) is 2.32. The van der Waals surface area contributed by atoms with Gasteiger partial charge < -0.3 is 19.5 Å². The van der Waals surface area contributed by atoms with Gasteiger partial charge in [0.15, 0.2) is 0 Å². The van der Waals surface area contributed by atoms with Crippen LogP contribution in [0.5, 0.6) is 0 Å². The van der Waals surface area contributed by atoms with Crippen LogP contribution in [0.15, 0.2) is 0 Å². The van der Waals surface area contributed by atoms with Gasteiger partial charge in [-0.25, -0.2) is 0 Å². The van der Waals surface area contributed by atoms with Gasteiger partial charge in [-0.15, -0.1) is 0 Å². The molecular weight excluding hydrogens is 286 g/mol. The largest absolute Gasteiger partial charge is 0.382 e. The van der Waals surface area contributed by atoms with Crippen molar-refractivity contribution in [3.63, 3.8) is 0 Å². The van der Waals surface area contributed by atoms with Crippen molar-refractivity contribution in [1.82, 2.24) is 5.32 Å². The number of nitrogens with one attached hydrogen (secondary N) is 1. The first kappa shape index (κ1) is 17.5. The van der Waals surface area contributed by atoms with Crippen LogP contribution in [0.4, 0.5) is 0 Å². The van der Waals surface area contributed by atoms with E-state index in [1.165, 1.54) is 37.2 Å². The van der Waals surface area contributed by atoms with Crippen molar-refractivity contribution in [1.29, 1.82) is 0 Å². The van der Waals surface area contributed by atoms with E-state index in [4.69, 9.17) is 14.2 Å². The van der Waals surface area contributed by atoms with E-state index in [-0.39, 0.29) is 5.60 Å². The van der Waals surface area contributed by atoms with Gasteiger partial charge in [-0.1, -0.05) is 0 Å². The quantitative estimate of drug-likeness (QED) is 0.696. The Morgan fingerprint density at radius 2 is 2.10 bits per heavy atom. The zero-order chi connectivity index (χ0) is 15.0. The molecular formula is C16H31NO3S. The van der Waals surface area contributed by atoms with E-state index in [9.17, 15) is 0 Å². The van der Waals surface area contributed by atoms with Crippen LogP contribution in [0.1, 0.15) is 32.1 Å². The molecule has 2 rings (SSSR count). The molecule has 2 atom stereocenters. The van der Waals surface area contributed by atoms with Gasteiger partial charge in [0, 0.05) is 26.4 Å². The van der Waals surface area contributed by atoms with E-state index < -0.39 is 0 Å². The fraction of sp³-hybridized carbons (Fsp3) is 1.00. The standard InChI is InChI=1S/C16H31NO3S/c1-17-15(4-7-19-10-9-18-2)14-3-8-20-16(13-14)5-11-21-12-6-16/h14-15,17H,3-13H2,1-2H3. The lowest BCUT2D eigenvalue weighted by Crippen LogP contribution is -2.48. The van der Waals surface area contributed by atoms with Gasteiger partial charge >= 0.3 is 0 Å². The van der Waals surface area contributed by atoms with E-state index in [2.05, 4.69) is 24.1 Å². The number of methoxy groups -OCH3 is 1. The van der Waals surface area contributed by atoms with Crippen molar-refractivity contribution >= 4 is 11.8 Å². The van der Waals surface area contributed by atoms with Crippen molar-refractivity contribution in [2.75, 3.05) is 52.1 Å². The maximum Gasteiger partial charge on any atom is 0.0701 e. The SMILES string of the molecule is CNC(CCOCCOC)C1CCOC2(CCSCC2)C1. The minimum absolute atomic E-state index is 0.181. The van der Waals surface area contributed by atoms with Gasteiger partial charge in [-0.2, -0.15) is 11.8 Å². The second-order valence-corrected chi connectivity index (χ2v) is 7.41. The molecule has 2 aliphatic rings. The summed E-state index contributed by atoms with van der Waals surface area (Å²) in [4.78, 5) is 0. The van der Waals surface area contributed by atoms with Gasteiger partial charge in [0.2, 0.25) is 0 Å². The van der Waals surface area contributed by atoms with Crippen molar-refractivity contribution in [3.8, 4) is 0 Å². The molecule has 124 valence electrons. The lowest BCUT2D eigenvalue weighted by molar-refractivity contribution is -0.108. The molecule has 2 saturated heterocycles. The van der Waals surface area contributed by atoms with E-state index in [0.717, 1.165) is 25.6 Å². The van der Waals surface area contributed by atoms with Crippen molar-refractivity contribution in [2.45, 2.75) is 43.7 Å². The van der Waals surface area contributed by atoms with Gasteiger partial charge in [0.05, 0.1) is 18.8 Å². The molecule has 0 bridgehead atoms. The topological polar surface area (TPSA) is 39.7 Å². The molecule has 0 aliphatic carbocycles. The highest BCUT2D eigenvalue weighted by Crippen LogP contribution is 2.41. The van der Waals surface area contributed by atoms with Crippen LogP contribution in [-0.4, -0.2) is 63.7 Å².